The fraction of sp³-hybridized carbons (Fsp3) is 0.400. The lowest BCUT2D eigenvalue weighted by molar-refractivity contribution is 0.280. The van der Waals surface area contributed by atoms with E-state index in [0.29, 0.717) is 6.61 Å². The zero-order valence-corrected chi connectivity index (χ0v) is 17.4. The molecule has 2 aromatic carbocycles. The molecule has 26 heavy (non-hydrogen) atoms. The maximum absolute atomic E-state index is 6.07. The number of hydrogen-bond acceptors (Lipinski definition) is 4. The van der Waals surface area contributed by atoms with Gasteiger partial charge < -0.3 is 19.7 Å². The van der Waals surface area contributed by atoms with Crippen LogP contribution in [0.25, 0.3) is 0 Å². The van der Waals surface area contributed by atoms with Gasteiger partial charge in [0, 0.05) is 12.1 Å². The normalized spacial score (nSPS) is 10.0. The third-order valence-electron chi connectivity index (χ3n) is 3.78. The average Bonchev–Trinajstić information content (AvgIpc) is 2.60. The predicted octanol–water partition coefficient (Wildman–Crippen LogP) is 4.16. The number of methoxy groups -OCH3 is 1. The molecule has 6 heteroatoms. The first-order chi connectivity index (χ1) is 11.7. The highest BCUT2D eigenvalue weighted by Crippen LogP contribution is 2.31. The lowest BCUT2D eigenvalue weighted by atomic mass is 10.1. The molecule has 0 radical (unpaired) electrons. The minimum absolute atomic E-state index is 0. The molecule has 0 amide bonds. The Morgan fingerprint density at radius 2 is 1.69 bits per heavy atom. The highest BCUT2D eigenvalue weighted by atomic mass is 35.5. The van der Waals surface area contributed by atoms with Crippen LogP contribution in [0.5, 0.6) is 11.5 Å². The van der Waals surface area contributed by atoms with E-state index in [0.717, 1.165) is 48.7 Å². The van der Waals surface area contributed by atoms with E-state index in [1.807, 2.05) is 30.3 Å². The number of rotatable bonds is 10. The van der Waals surface area contributed by atoms with Gasteiger partial charge in [0.2, 0.25) is 0 Å². The second-order valence-corrected chi connectivity index (χ2v) is 6.06. The number of hydrogen-bond donors (Lipinski definition) is 1. The first kappa shape index (κ1) is 24.5. The Balaban J connectivity index is 0.00000312. The van der Waals surface area contributed by atoms with Crippen LogP contribution in [0, 0.1) is 0 Å². The Kier molecular flexibility index (Phi) is 12.9. The highest BCUT2D eigenvalue weighted by molar-refractivity contribution is 5.85. The average molecular weight is 401 g/mol. The fourth-order valence-corrected chi connectivity index (χ4v) is 2.50. The number of halogens is 2. The summed E-state index contributed by atoms with van der Waals surface area (Å²) in [5.74, 6) is 1.60. The molecule has 0 aliphatic carbocycles. The van der Waals surface area contributed by atoms with E-state index in [1.54, 1.807) is 7.11 Å². The molecule has 0 saturated heterocycles. The lowest BCUT2D eigenvalue weighted by Crippen LogP contribution is -2.21. The van der Waals surface area contributed by atoms with Crippen molar-refractivity contribution in [3.05, 3.63) is 59.7 Å². The van der Waals surface area contributed by atoms with Gasteiger partial charge in [-0.3, -0.25) is 0 Å². The van der Waals surface area contributed by atoms with E-state index >= 15 is 0 Å². The van der Waals surface area contributed by atoms with Crippen molar-refractivity contribution in [2.75, 3.05) is 34.3 Å². The maximum atomic E-state index is 6.07. The zero-order chi connectivity index (χ0) is 17.2. The van der Waals surface area contributed by atoms with Gasteiger partial charge >= 0.3 is 0 Å². The molecule has 0 unspecified atom stereocenters. The van der Waals surface area contributed by atoms with Crippen molar-refractivity contribution in [1.82, 2.24) is 10.2 Å². The van der Waals surface area contributed by atoms with Crippen molar-refractivity contribution in [2.45, 2.75) is 19.6 Å². The van der Waals surface area contributed by atoms with Gasteiger partial charge in [0.1, 0.15) is 6.61 Å². The van der Waals surface area contributed by atoms with E-state index in [-0.39, 0.29) is 24.8 Å². The van der Waals surface area contributed by atoms with Gasteiger partial charge in [0.25, 0.3) is 0 Å². The largest absolute Gasteiger partial charge is 0.493 e. The van der Waals surface area contributed by atoms with Crippen LogP contribution in [0.4, 0.5) is 0 Å². The minimum Gasteiger partial charge on any atom is -0.493 e. The van der Waals surface area contributed by atoms with Gasteiger partial charge in [-0.2, -0.15) is 0 Å². The van der Waals surface area contributed by atoms with Crippen molar-refractivity contribution in [2.24, 2.45) is 0 Å². The topological polar surface area (TPSA) is 33.7 Å². The van der Waals surface area contributed by atoms with E-state index in [4.69, 9.17) is 9.47 Å². The van der Waals surface area contributed by atoms with Crippen LogP contribution in [0.3, 0.4) is 0 Å². The van der Waals surface area contributed by atoms with Gasteiger partial charge in [-0.15, -0.1) is 24.8 Å². The molecule has 2 rings (SSSR count). The quantitative estimate of drug-likeness (QED) is 0.607. The first-order valence-electron chi connectivity index (χ1n) is 8.38. The molecule has 0 aliphatic rings. The SMILES string of the molecule is COc1cccc(CNCCCN(C)C)c1OCc1ccccc1.Cl.Cl. The summed E-state index contributed by atoms with van der Waals surface area (Å²) in [5.41, 5.74) is 2.27. The van der Waals surface area contributed by atoms with Crippen LogP contribution in [0.2, 0.25) is 0 Å². The highest BCUT2D eigenvalue weighted by Gasteiger charge is 2.10. The van der Waals surface area contributed by atoms with Crippen LogP contribution >= 0.6 is 24.8 Å². The zero-order valence-electron chi connectivity index (χ0n) is 15.7. The summed E-state index contributed by atoms with van der Waals surface area (Å²) in [6.45, 7) is 3.37. The second-order valence-electron chi connectivity index (χ2n) is 6.06. The maximum Gasteiger partial charge on any atom is 0.166 e. The van der Waals surface area contributed by atoms with Crippen molar-refractivity contribution in [1.29, 1.82) is 0 Å². The van der Waals surface area contributed by atoms with Crippen molar-refractivity contribution in [3.63, 3.8) is 0 Å². The van der Waals surface area contributed by atoms with E-state index < -0.39 is 0 Å². The van der Waals surface area contributed by atoms with E-state index in [9.17, 15) is 0 Å². The molecule has 0 fully saturated rings. The van der Waals surface area contributed by atoms with Gasteiger partial charge in [0.05, 0.1) is 7.11 Å². The number of nitrogens with one attached hydrogen (secondary N) is 1. The molecular formula is C20H30Cl2N2O2. The molecule has 4 nitrogen and oxygen atoms in total. The van der Waals surface area contributed by atoms with Crippen LogP contribution in [-0.2, 0) is 13.2 Å². The Morgan fingerprint density at radius 3 is 2.35 bits per heavy atom. The first-order valence-corrected chi connectivity index (χ1v) is 8.38. The standard InChI is InChI=1S/C20H28N2O2.2ClH/c1-22(2)14-8-13-21-15-18-11-7-12-19(23-3)20(18)24-16-17-9-5-4-6-10-17;;/h4-7,9-12,21H,8,13-16H2,1-3H3;2*1H. The van der Waals surface area contributed by atoms with Crippen LogP contribution in [0.15, 0.2) is 48.5 Å². The van der Waals surface area contributed by atoms with E-state index in [2.05, 4.69) is 42.5 Å². The molecule has 0 aromatic heterocycles. The Labute approximate surface area is 169 Å². The summed E-state index contributed by atoms with van der Waals surface area (Å²) in [6, 6.07) is 16.2. The summed E-state index contributed by atoms with van der Waals surface area (Å²) in [5, 5.41) is 3.48. The Hall–Kier alpha value is -1.46. The predicted molar refractivity (Wildman–Crippen MR) is 113 cm³/mol. The number of benzene rings is 2. The van der Waals surface area contributed by atoms with Crippen molar-refractivity contribution in [3.8, 4) is 11.5 Å². The van der Waals surface area contributed by atoms with Crippen LogP contribution in [0.1, 0.15) is 17.5 Å². The number of nitrogens with zero attached hydrogens (tertiary/aromatic N) is 1. The number of ether oxygens (including phenoxy) is 2. The number of para-hydroxylation sites is 1. The Bertz CT molecular complexity index is 610. The fourth-order valence-electron chi connectivity index (χ4n) is 2.50. The summed E-state index contributed by atoms with van der Waals surface area (Å²) in [4.78, 5) is 2.20. The third kappa shape index (κ3) is 8.28. The molecule has 0 bridgehead atoms. The molecule has 0 heterocycles. The summed E-state index contributed by atoms with van der Waals surface area (Å²) < 4.78 is 11.5. The van der Waals surface area contributed by atoms with Gasteiger partial charge in [0.15, 0.2) is 11.5 Å². The molecule has 0 spiro atoms. The molecule has 0 aliphatic heterocycles. The molecule has 1 N–H and O–H groups in total. The minimum atomic E-state index is 0. The van der Waals surface area contributed by atoms with E-state index in [1.165, 1.54) is 0 Å². The molecule has 0 atom stereocenters. The van der Waals surface area contributed by atoms with Crippen molar-refractivity contribution < 1.29 is 9.47 Å². The van der Waals surface area contributed by atoms with Gasteiger partial charge in [-0.05, 0) is 45.2 Å². The van der Waals surface area contributed by atoms with Crippen molar-refractivity contribution >= 4 is 24.8 Å². The summed E-state index contributed by atoms with van der Waals surface area (Å²) in [7, 11) is 5.87. The second kappa shape index (κ2) is 13.7. The molecule has 0 saturated carbocycles. The molecule has 2 aromatic rings. The summed E-state index contributed by atoms with van der Waals surface area (Å²) in [6.07, 6.45) is 1.12. The van der Waals surface area contributed by atoms with Gasteiger partial charge in [-0.1, -0.05) is 42.5 Å². The lowest BCUT2D eigenvalue weighted by Gasteiger charge is -2.16. The Morgan fingerprint density at radius 1 is 0.962 bits per heavy atom. The summed E-state index contributed by atoms with van der Waals surface area (Å²) >= 11 is 0. The van der Waals surface area contributed by atoms with Gasteiger partial charge in [-0.25, -0.2) is 0 Å². The molecule has 146 valence electrons. The monoisotopic (exact) mass is 400 g/mol. The molecular weight excluding hydrogens is 371 g/mol. The van der Waals surface area contributed by atoms with Crippen LogP contribution < -0.4 is 14.8 Å². The third-order valence-corrected chi connectivity index (χ3v) is 3.78. The van der Waals surface area contributed by atoms with Crippen LogP contribution in [-0.4, -0.2) is 39.2 Å². The smallest absolute Gasteiger partial charge is 0.166 e.